The van der Waals surface area contributed by atoms with Crippen molar-refractivity contribution >= 4 is 15.9 Å². The van der Waals surface area contributed by atoms with Crippen LogP contribution in [0.25, 0.3) is 0 Å². The van der Waals surface area contributed by atoms with Gasteiger partial charge in [0, 0.05) is 5.56 Å². The van der Waals surface area contributed by atoms with Crippen LogP contribution in [0.4, 0.5) is 13.2 Å². The van der Waals surface area contributed by atoms with Gasteiger partial charge in [-0.05, 0) is 22.0 Å². The average molecular weight is 265 g/mol. The van der Waals surface area contributed by atoms with Crippen LogP contribution in [0.2, 0.25) is 0 Å². The quantitative estimate of drug-likeness (QED) is 0.771. The van der Waals surface area contributed by atoms with Gasteiger partial charge in [0.2, 0.25) is 5.95 Å². The maximum absolute atomic E-state index is 12.8. The fourth-order valence-electron chi connectivity index (χ4n) is 0.921. The van der Waals surface area contributed by atoms with E-state index < -0.39 is 17.9 Å². The number of aromatic nitrogens is 1. The summed E-state index contributed by atoms with van der Waals surface area (Å²) in [6.45, 7) is 0. The number of nitriles is 1. The molecule has 74 valence electrons. The molecule has 1 rings (SSSR count). The van der Waals surface area contributed by atoms with Gasteiger partial charge < -0.3 is 0 Å². The Morgan fingerprint density at radius 1 is 1.57 bits per heavy atom. The minimum absolute atomic E-state index is 0.130. The van der Waals surface area contributed by atoms with E-state index in [0.717, 1.165) is 6.07 Å². The van der Waals surface area contributed by atoms with Crippen molar-refractivity contribution in [3.05, 3.63) is 27.7 Å². The minimum atomic E-state index is -2.76. The van der Waals surface area contributed by atoms with Crippen molar-refractivity contribution in [2.75, 3.05) is 0 Å². The van der Waals surface area contributed by atoms with Gasteiger partial charge in [-0.25, -0.2) is 13.8 Å². The molecule has 0 N–H and O–H groups in total. The molecule has 1 heterocycles. The molecule has 0 unspecified atom stereocenters. The van der Waals surface area contributed by atoms with E-state index in [-0.39, 0.29) is 16.6 Å². The average Bonchev–Trinajstić information content (AvgIpc) is 2.11. The van der Waals surface area contributed by atoms with Crippen molar-refractivity contribution in [1.82, 2.24) is 4.98 Å². The zero-order chi connectivity index (χ0) is 10.7. The Bertz CT molecular complexity index is 387. The van der Waals surface area contributed by atoms with Gasteiger partial charge >= 0.3 is 0 Å². The molecule has 6 heteroatoms. The molecule has 0 aliphatic rings. The predicted octanol–water partition coefficient (Wildman–Crippen LogP) is 2.99. The first kappa shape index (κ1) is 11.0. The van der Waals surface area contributed by atoms with E-state index in [4.69, 9.17) is 5.26 Å². The SMILES string of the molecule is N#CCc1nc(F)c(Br)cc1C(F)F. The molecule has 0 aliphatic carbocycles. The smallest absolute Gasteiger partial charge is 0.222 e. The number of alkyl halides is 2. The van der Waals surface area contributed by atoms with Crippen molar-refractivity contribution < 1.29 is 13.2 Å². The molecule has 0 atom stereocenters. The van der Waals surface area contributed by atoms with Gasteiger partial charge in [0.05, 0.1) is 22.7 Å². The molecule has 0 aromatic carbocycles. The highest BCUT2D eigenvalue weighted by Crippen LogP contribution is 2.26. The standard InChI is InChI=1S/C8H4BrF3N2/c9-5-3-4(7(10)11)6(1-2-13)14-8(5)12/h3,7H,1H2. The van der Waals surface area contributed by atoms with E-state index in [1.54, 1.807) is 6.07 Å². The highest BCUT2D eigenvalue weighted by molar-refractivity contribution is 9.10. The second-order valence-electron chi connectivity index (χ2n) is 2.43. The molecule has 1 aromatic rings. The van der Waals surface area contributed by atoms with E-state index in [0.29, 0.717) is 0 Å². The fourth-order valence-corrected chi connectivity index (χ4v) is 1.26. The van der Waals surface area contributed by atoms with Crippen molar-refractivity contribution in [3.63, 3.8) is 0 Å². The van der Waals surface area contributed by atoms with Crippen LogP contribution in [0.3, 0.4) is 0 Å². The Morgan fingerprint density at radius 3 is 2.71 bits per heavy atom. The zero-order valence-electron chi connectivity index (χ0n) is 6.77. The number of halogens is 4. The molecule has 2 nitrogen and oxygen atoms in total. The number of rotatable bonds is 2. The molecule has 0 saturated carbocycles. The lowest BCUT2D eigenvalue weighted by Gasteiger charge is -2.05. The van der Waals surface area contributed by atoms with Gasteiger partial charge in [-0.15, -0.1) is 0 Å². The second kappa shape index (κ2) is 4.42. The zero-order valence-corrected chi connectivity index (χ0v) is 8.35. The summed E-state index contributed by atoms with van der Waals surface area (Å²) in [5.41, 5.74) is -0.636. The van der Waals surface area contributed by atoms with Crippen molar-refractivity contribution in [2.45, 2.75) is 12.8 Å². The summed E-state index contributed by atoms with van der Waals surface area (Å²) in [6, 6.07) is 2.59. The molecule has 1 aromatic heterocycles. The van der Waals surface area contributed by atoms with Gasteiger partial charge in [0.15, 0.2) is 0 Å². The fraction of sp³-hybridized carbons (Fsp3) is 0.250. The highest BCUT2D eigenvalue weighted by atomic mass is 79.9. The van der Waals surface area contributed by atoms with Crippen molar-refractivity contribution in [2.24, 2.45) is 0 Å². The van der Waals surface area contributed by atoms with E-state index >= 15 is 0 Å². The molecular formula is C8H4BrF3N2. The molecule has 0 fully saturated rings. The lowest BCUT2D eigenvalue weighted by atomic mass is 10.1. The summed E-state index contributed by atoms with van der Waals surface area (Å²) in [5, 5.41) is 8.32. The summed E-state index contributed by atoms with van der Waals surface area (Å²) >= 11 is 2.75. The van der Waals surface area contributed by atoms with Gasteiger partial charge in [0.1, 0.15) is 0 Å². The third-order valence-electron chi connectivity index (χ3n) is 1.53. The molecule has 0 amide bonds. The summed E-state index contributed by atoms with van der Waals surface area (Å²) in [6.07, 6.45) is -3.09. The van der Waals surface area contributed by atoms with E-state index in [1.807, 2.05) is 0 Å². The normalized spacial score (nSPS) is 10.3. The molecule has 0 spiro atoms. The Balaban J connectivity index is 3.25. The van der Waals surface area contributed by atoms with E-state index in [2.05, 4.69) is 20.9 Å². The third kappa shape index (κ3) is 2.23. The van der Waals surface area contributed by atoms with Gasteiger partial charge in [-0.3, -0.25) is 0 Å². The summed E-state index contributed by atoms with van der Waals surface area (Å²) in [5.74, 6) is -0.889. The Kier molecular flexibility index (Phi) is 3.47. The predicted molar refractivity (Wildman–Crippen MR) is 46.2 cm³/mol. The van der Waals surface area contributed by atoms with Crippen LogP contribution in [-0.4, -0.2) is 4.98 Å². The van der Waals surface area contributed by atoms with Crippen molar-refractivity contribution in [3.8, 4) is 6.07 Å². The second-order valence-corrected chi connectivity index (χ2v) is 3.29. The Hall–Kier alpha value is -1.09. The maximum atomic E-state index is 12.8. The highest BCUT2D eigenvalue weighted by Gasteiger charge is 2.17. The van der Waals surface area contributed by atoms with Gasteiger partial charge in [-0.2, -0.15) is 9.65 Å². The molecule has 14 heavy (non-hydrogen) atoms. The summed E-state index contributed by atoms with van der Waals surface area (Å²) in [4.78, 5) is 3.27. The van der Waals surface area contributed by atoms with Crippen molar-refractivity contribution in [1.29, 1.82) is 5.26 Å². The monoisotopic (exact) mass is 264 g/mol. The van der Waals surface area contributed by atoms with Crippen LogP contribution < -0.4 is 0 Å². The first-order chi connectivity index (χ1) is 6.56. The van der Waals surface area contributed by atoms with E-state index in [1.165, 1.54) is 0 Å². The number of nitrogens with zero attached hydrogens (tertiary/aromatic N) is 2. The summed E-state index contributed by atoms with van der Waals surface area (Å²) < 4.78 is 37.4. The Morgan fingerprint density at radius 2 is 2.21 bits per heavy atom. The molecule has 0 bridgehead atoms. The molecule has 0 radical (unpaired) electrons. The van der Waals surface area contributed by atoms with Gasteiger partial charge in [0.25, 0.3) is 6.43 Å². The van der Waals surface area contributed by atoms with E-state index in [9.17, 15) is 13.2 Å². The molecular weight excluding hydrogens is 261 g/mol. The lowest BCUT2D eigenvalue weighted by Crippen LogP contribution is -2.01. The van der Waals surface area contributed by atoms with Crippen LogP contribution in [0.5, 0.6) is 0 Å². The number of pyridine rings is 1. The minimum Gasteiger partial charge on any atom is -0.222 e. The largest absolute Gasteiger partial charge is 0.265 e. The van der Waals surface area contributed by atoms with Crippen LogP contribution in [-0.2, 0) is 6.42 Å². The van der Waals surface area contributed by atoms with Crippen LogP contribution in [0.15, 0.2) is 10.5 Å². The van der Waals surface area contributed by atoms with Crippen LogP contribution in [0.1, 0.15) is 17.7 Å². The number of hydrogen-bond acceptors (Lipinski definition) is 2. The first-order valence-electron chi connectivity index (χ1n) is 3.56. The lowest BCUT2D eigenvalue weighted by molar-refractivity contribution is 0.149. The van der Waals surface area contributed by atoms with Crippen LogP contribution in [0, 0.1) is 17.3 Å². The number of hydrogen-bond donors (Lipinski definition) is 0. The summed E-state index contributed by atoms with van der Waals surface area (Å²) in [7, 11) is 0. The Labute approximate surface area is 86.5 Å². The molecule has 0 aliphatic heterocycles. The topological polar surface area (TPSA) is 36.7 Å². The maximum Gasteiger partial charge on any atom is 0.265 e. The van der Waals surface area contributed by atoms with Crippen LogP contribution >= 0.6 is 15.9 Å². The third-order valence-corrected chi connectivity index (χ3v) is 2.08. The molecule has 0 saturated heterocycles. The van der Waals surface area contributed by atoms with Gasteiger partial charge in [-0.1, -0.05) is 0 Å². The first-order valence-corrected chi connectivity index (χ1v) is 4.35.